The minimum Gasteiger partial charge on any atom is -0.436 e. The number of benzene rings is 2. The molecule has 2 N–H and O–H groups in total. The molecule has 3 aromatic rings. The second-order valence-corrected chi connectivity index (χ2v) is 5.50. The number of oxazole rings is 1. The highest BCUT2D eigenvalue weighted by atomic mass is 35.5. The highest BCUT2D eigenvalue weighted by Gasteiger charge is 2.10. The highest BCUT2D eigenvalue weighted by molar-refractivity contribution is 6.28. The average Bonchev–Trinajstić information content (AvgIpc) is 2.92. The smallest absolute Gasteiger partial charge is 0.227 e. The minimum atomic E-state index is 0.200. The molecule has 5 heteroatoms. The fourth-order valence-electron chi connectivity index (χ4n) is 2.21. The van der Waals surface area contributed by atoms with Gasteiger partial charge in [-0.25, -0.2) is 9.98 Å². The molecule has 4 nitrogen and oxygen atoms in total. The van der Waals surface area contributed by atoms with Gasteiger partial charge in [0.2, 0.25) is 5.89 Å². The van der Waals surface area contributed by atoms with Gasteiger partial charge in [0.15, 0.2) is 5.58 Å². The van der Waals surface area contributed by atoms with Crippen molar-refractivity contribution >= 4 is 34.2 Å². The Morgan fingerprint density at radius 1 is 1.23 bits per heavy atom. The molecule has 0 amide bonds. The van der Waals surface area contributed by atoms with E-state index in [2.05, 4.69) is 9.98 Å². The summed E-state index contributed by atoms with van der Waals surface area (Å²) in [4.78, 5) is 8.87. The number of fused-ring (bicyclic) bond motifs is 1. The molecule has 112 valence electrons. The Kier molecular flexibility index (Phi) is 3.86. The summed E-state index contributed by atoms with van der Waals surface area (Å²) in [6.07, 6.45) is 0. The van der Waals surface area contributed by atoms with Crippen LogP contribution in [0.2, 0.25) is 0 Å². The number of halogens is 1. The first-order chi connectivity index (χ1) is 10.6. The predicted molar refractivity (Wildman–Crippen MR) is 90.9 cm³/mol. The van der Waals surface area contributed by atoms with Gasteiger partial charge in [-0.15, -0.1) is 11.6 Å². The first-order valence-corrected chi connectivity index (χ1v) is 7.47. The first kappa shape index (κ1) is 14.6. The number of rotatable bonds is 3. The van der Waals surface area contributed by atoms with Crippen LogP contribution in [0.1, 0.15) is 11.1 Å². The van der Waals surface area contributed by atoms with Gasteiger partial charge in [-0.1, -0.05) is 12.1 Å². The van der Waals surface area contributed by atoms with Crippen molar-refractivity contribution in [3.63, 3.8) is 0 Å². The largest absolute Gasteiger partial charge is 0.436 e. The van der Waals surface area contributed by atoms with Crippen LogP contribution in [0.25, 0.3) is 22.6 Å². The molecule has 1 heterocycles. The number of aliphatic imine (C=N–C) groups is 1. The molecule has 2 aromatic carbocycles. The molecule has 0 bridgehead atoms. The van der Waals surface area contributed by atoms with Crippen molar-refractivity contribution in [2.75, 3.05) is 5.88 Å². The highest BCUT2D eigenvalue weighted by Crippen LogP contribution is 2.29. The minimum absolute atomic E-state index is 0.200. The lowest BCUT2D eigenvalue weighted by Gasteiger charge is -2.03. The molecule has 0 aliphatic rings. The SMILES string of the molecule is Cc1ccc2oc(-c3ccc(C)c(N=C(N)CCl)c3)nc2c1. The molecule has 0 radical (unpaired) electrons. The standard InChI is InChI=1S/C17H16ClN3O/c1-10-3-6-15-14(7-10)21-17(22-15)12-5-4-11(2)13(8-12)20-16(19)9-18/h3-8H,9H2,1-2H3,(H2,19,20). The molecule has 0 atom stereocenters. The first-order valence-electron chi connectivity index (χ1n) is 6.94. The number of hydrogen-bond donors (Lipinski definition) is 1. The fourth-order valence-corrected chi connectivity index (χ4v) is 2.27. The third-order valence-corrected chi connectivity index (χ3v) is 3.67. The summed E-state index contributed by atoms with van der Waals surface area (Å²) in [6, 6.07) is 11.8. The van der Waals surface area contributed by atoms with Crippen LogP contribution in [-0.2, 0) is 0 Å². The summed E-state index contributed by atoms with van der Waals surface area (Å²) < 4.78 is 5.82. The van der Waals surface area contributed by atoms with E-state index >= 15 is 0 Å². The Labute approximate surface area is 133 Å². The monoisotopic (exact) mass is 313 g/mol. The number of amidine groups is 1. The van der Waals surface area contributed by atoms with Gasteiger partial charge in [0.25, 0.3) is 0 Å². The van der Waals surface area contributed by atoms with Crippen molar-refractivity contribution in [2.24, 2.45) is 10.7 Å². The second-order valence-electron chi connectivity index (χ2n) is 5.23. The van der Waals surface area contributed by atoms with Gasteiger partial charge < -0.3 is 10.2 Å². The Morgan fingerprint density at radius 2 is 2.05 bits per heavy atom. The summed E-state index contributed by atoms with van der Waals surface area (Å²) in [5.74, 6) is 1.16. The number of alkyl halides is 1. The van der Waals surface area contributed by atoms with E-state index in [4.69, 9.17) is 21.8 Å². The van der Waals surface area contributed by atoms with Crippen LogP contribution in [0.15, 0.2) is 45.8 Å². The molecule has 22 heavy (non-hydrogen) atoms. The molecular weight excluding hydrogens is 298 g/mol. The van der Waals surface area contributed by atoms with E-state index in [-0.39, 0.29) is 5.88 Å². The summed E-state index contributed by atoms with van der Waals surface area (Å²) >= 11 is 5.69. The molecule has 0 fully saturated rings. The van der Waals surface area contributed by atoms with Gasteiger partial charge in [-0.3, -0.25) is 0 Å². The quantitative estimate of drug-likeness (QED) is 0.444. The van der Waals surface area contributed by atoms with Gasteiger partial charge in [-0.2, -0.15) is 0 Å². The summed E-state index contributed by atoms with van der Waals surface area (Å²) in [5.41, 5.74) is 11.1. The van der Waals surface area contributed by atoms with E-state index in [1.807, 2.05) is 50.2 Å². The number of hydrogen-bond acceptors (Lipinski definition) is 3. The van der Waals surface area contributed by atoms with E-state index in [1.165, 1.54) is 0 Å². The lowest BCUT2D eigenvalue weighted by atomic mass is 10.1. The summed E-state index contributed by atoms with van der Waals surface area (Å²) in [5, 5.41) is 0. The van der Waals surface area contributed by atoms with Crippen molar-refractivity contribution in [3.05, 3.63) is 47.5 Å². The van der Waals surface area contributed by atoms with Crippen molar-refractivity contribution in [1.82, 2.24) is 4.98 Å². The molecule has 0 saturated heterocycles. The lowest BCUT2D eigenvalue weighted by molar-refractivity contribution is 0.620. The van der Waals surface area contributed by atoms with E-state index in [1.54, 1.807) is 0 Å². The summed E-state index contributed by atoms with van der Waals surface area (Å²) in [6.45, 7) is 4.00. The van der Waals surface area contributed by atoms with Crippen LogP contribution >= 0.6 is 11.6 Å². The number of nitrogens with zero attached hydrogens (tertiary/aromatic N) is 2. The zero-order chi connectivity index (χ0) is 15.7. The topological polar surface area (TPSA) is 64.4 Å². The van der Waals surface area contributed by atoms with Gasteiger partial charge in [-0.05, 0) is 49.2 Å². The van der Waals surface area contributed by atoms with Gasteiger partial charge in [0, 0.05) is 5.56 Å². The van der Waals surface area contributed by atoms with Crippen LogP contribution in [-0.4, -0.2) is 16.7 Å². The van der Waals surface area contributed by atoms with Gasteiger partial charge in [0.1, 0.15) is 11.4 Å². The van der Waals surface area contributed by atoms with Crippen molar-refractivity contribution in [2.45, 2.75) is 13.8 Å². The third-order valence-electron chi connectivity index (χ3n) is 3.40. The molecule has 3 rings (SSSR count). The maximum absolute atomic E-state index is 5.82. The maximum Gasteiger partial charge on any atom is 0.227 e. The Balaban J connectivity index is 2.08. The third kappa shape index (κ3) is 2.83. The molecule has 0 saturated carbocycles. The second kappa shape index (κ2) is 5.81. The lowest BCUT2D eigenvalue weighted by Crippen LogP contribution is -2.12. The van der Waals surface area contributed by atoms with Crippen LogP contribution in [0, 0.1) is 13.8 Å². The van der Waals surface area contributed by atoms with Crippen molar-refractivity contribution in [1.29, 1.82) is 0 Å². The zero-order valence-electron chi connectivity index (χ0n) is 12.4. The maximum atomic E-state index is 5.82. The van der Waals surface area contributed by atoms with Crippen LogP contribution in [0.3, 0.4) is 0 Å². The van der Waals surface area contributed by atoms with Crippen molar-refractivity contribution < 1.29 is 4.42 Å². The van der Waals surface area contributed by atoms with Crippen LogP contribution < -0.4 is 5.73 Å². The molecular formula is C17H16ClN3O. The van der Waals surface area contributed by atoms with Crippen LogP contribution in [0.5, 0.6) is 0 Å². The number of nitrogens with two attached hydrogens (primary N) is 1. The fraction of sp³-hybridized carbons (Fsp3) is 0.176. The Hall–Kier alpha value is -2.33. The molecule has 0 unspecified atom stereocenters. The Morgan fingerprint density at radius 3 is 2.82 bits per heavy atom. The molecule has 0 spiro atoms. The van der Waals surface area contributed by atoms with E-state index in [9.17, 15) is 0 Å². The van der Waals surface area contributed by atoms with E-state index < -0.39 is 0 Å². The number of aromatic nitrogens is 1. The van der Waals surface area contributed by atoms with Gasteiger partial charge >= 0.3 is 0 Å². The number of aryl methyl sites for hydroxylation is 2. The van der Waals surface area contributed by atoms with E-state index in [0.717, 1.165) is 33.5 Å². The van der Waals surface area contributed by atoms with E-state index in [0.29, 0.717) is 11.7 Å². The average molecular weight is 314 g/mol. The molecule has 1 aromatic heterocycles. The van der Waals surface area contributed by atoms with Crippen LogP contribution in [0.4, 0.5) is 5.69 Å². The molecule has 0 aliphatic carbocycles. The zero-order valence-corrected chi connectivity index (χ0v) is 13.2. The van der Waals surface area contributed by atoms with Gasteiger partial charge in [0.05, 0.1) is 11.6 Å². The molecule has 0 aliphatic heterocycles. The Bertz CT molecular complexity index is 867. The van der Waals surface area contributed by atoms with Crippen molar-refractivity contribution in [3.8, 4) is 11.5 Å². The predicted octanol–water partition coefficient (Wildman–Crippen LogP) is 4.34. The normalized spacial score (nSPS) is 12.0. The summed E-state index contributed by atoms with van der Waals surface area (Å²) in [7, 11) is 0.